The Bertz CT molecular complexity index is 2340. The van der Waals surface area contributed by atoms with E-state index in [0.717, 1.165) is 5.92 Å². The quantitative estimate of drug-likeness (QED) is 0.146. The first-order valence-electron chi connectivity index (χ1n) is 20.2. The first kappa shape index (κ1) is 32.2. The molecule has 262 valence electrons. The van der Waals surface area contributed by atoms with Crippen LogP contribution in [0.5, 0.6) is 0 Å². The Kier molecular flexibility index (Phi) is 6.15. The van der Waals surface area contributed by atoms with Crippen LogP contribution in [0.3, 0.4) is 0 Å². The molecule has 51 heavy (non-hydrogen) atoms. The van der Waals surface area contributed by atoms with Crippen molar-refractivity contribution in [2.75, 3.05) is 4.90 Å². The average molecular weight is 673 g/mol. The van der Waals surface area contributed by atoms with Gasteiger partial charge in [-0.1, -0.05) is 119 Å². The maximum atomic E-state index is 2.97. The monoisotopic (exact) mass is 672 g/mol. The lowest BCUT2D eigenvalue weighted by Gasteiger charge is -2.59. The van der Waals surface area contributed by atoms with E-state index in [1.807, 2.05) is 0 Å². The summed E-state index contributed by atoms with van der Waals surface area (Å²) in [5.41, 5.74) is 18.0. The highest BCUT2D eigenvalue weighted by molar-refractivity contribution is 7.00. The molecule has 0 amide bonds. The third kappa shape index (κ3) is 3.92. The first-order chi connectivity index (χ1) is 23.9. The van der Waals surface area contributed by atoms with Gasteiger partial charge in [0.1, 0.15) is 0 Å². The van der Waals surface area contributed by atoms with Crippen LogP contribution in [0, 0.1) is 11.8 Å². The third-order valence-corrected chi connectivity index (χ3v) is 15.1. The summed E-state index contributed by atoms with van der Waals surface area (Å²) in [6.07, 6.45) is 8.20. The number of hydrogen-bond acceptors (Lipinski definition) is 1. The Morgan fingerprint density at radius 2 is 1.31 bits per heavy atom. The summed E-state index contributed by atoms with van der Waals surface area (Å²) in [4.78, 5) is 2.97. The lowest BCUT2D eigenvalue weighted by Crippen LogP contribution is -2.67. The van der Waals surface area contributed by atoms with Crippen molar-refractivity contribution in [1.29, 1.82) is 0 Å². The fourth-order valence-electron chi connectivity index (χ4n) is 12.1. The highest BCUT2D eigenvalue weighted by Gasteiger charge is 2.66. The van der Waals surface area contributed by atoms with Crippen molar-refractivity contribution in [3.8, 4) is 5.69 Å². The van der Waals surface area contributed by atoms with Gasteiger partial charge < -0.3 is 9.47 Å². The molecule has 2 saturated carbocycles. The molecule has 0 N–H and O–H groups in total. The van der Waals surface area contributed by atoms with E-state index < -0.39 is 0 Å². The predicted octanol–water partition coefficient (Wildman–Crippen LogP) is 10.6. The van der Waals surface area contributed by atoms with Crippen LogP contribution in [0.2, 0.25) is 0 Å². The molecule has 5 aromatic rings. The van der Waals surface area contributed by atoms with Crippen LogP contribution in [-0.4, -0.2) is 16.8 Å². The van der Waals surface area contributed by atoms with E-state index >= 15 is 0 Å². The van der Waals surface area contributed by atoms with Gasteiger partial charge in [0.15, 0.2) is 0 Å². The van der Waals surface area contributed by atoms with Crippen LogP contribution >= 0.6 is 0 Å². The average Bonchev–Trinajstić information content (AvgIpc) is 3.51. The molecule has 3 aliphatic heterocycles. The van der Waals surface area contributed by atoms with Gasteiger partial charge in [-0.25, -0.2) is 0 Å². The molecule has 4 unspecified atom stereocenters. The number of fused-ring (bicyclic) bond motifs is 12. The Morgan fingerprint density at radius 3 is 2.04 bits per heavy atom. The molecule has 5 aliphatic rings. The van der Waals surface area contributed by atoms with Gasteiger partial charge >= 0.3 is 0 Å². The lowest BCUT2D eigenvalue weighted by molar-refractivity contribution is 0.0339. The number of aromatic nitrogens is 1. The van der Waals surface area contributed by atoms with E-state index in [-0.39, 0.29) is 33.9 Å². The highest BCUT2D eigenvalue weighted by Crippen LogP contribution is 2.66. The summed E-state index contributed by atoms with van der Waals surface area (Å²) >= 11 is 0. The second-order valence-corrected chi connectivity index (χ2v) is 20.9. The third-order valence-electron chi connectivity index (χ3n) is 15.1. The van der Waals surface area contributed by atoms with E-state index in [4.69, 9.17) is 0 Å². The number of benzene rings is 4. The molecule has 4 heterocycles. The molecule has 2 aliphatic carbocycles. The summed E-state index contributed by atoms with van der Waals surface area (Å²) in [6.45, 7) is 27.1. The van der Waals surface area contributed by atoms with Crippen molar-refractivity contribution < 1.29 is 0 Å². The zero-order valence-electron chi connectivity index (χ0n) is 33.1. The molecule has 1 aromatic heterocycles. The molecule has 4 atom stereocenters. The first-order valence-corrected chi connectivity index (χ1v) is 20.2. The summed E-state index contributed by atoms with van der Waals surface area (Å²) in [5, 5.41) is 2.81. The molecule has 2 fully saturated rings. The molecule has 4 aromatic carbocycles. The van der Waals surface area contributed by atoms with Crippen molar-refractivity contribution in [1.82, 2.24) is 4.57 Å². The van der Waals surface area contributed by atoms with Crippen LogP contribution in [0.4, 0.5) is 11.4 Å². The second kappa shape index (κ2) is 9.74. The number of hydrogen-bond donors (Lipinski definition) is 0. The Morgan fingerprint density at radius 1 is 0.667 bits per heavy atom. The number of nitrogens with zero attached hydrogens (tertiary/aromatic N) is 2. The van der Waals surface area contributed by atoms with Gasteiger partial charge in [0, 0.05) is 38.8 Å². The minimum absolute atomic E-state index is 0.0301. The minimum atomic E-state index is 0.0301. The van der Waals surface area contributed by atoms with Crippen LogP contribution in [0.1, 0.15) is 137 Å². The van der Waals surface area contributed by atoms with Gasteiger partial charge in [0.05, 0.1) is 11.1 Å². The van der Waals surface area contributed by atoms with Gasteiger partial charge in [0.2, 0.25) is 0 Å². The standard InChI is InChI=1S/C48H57BN2/c1-44(2,3)29-19-20-38-32(23-29)33-24-30(45(4,5)6)26-36-42(33)50(38)39-17-14-18-40-41(39)49(36)37-27-31(46(7,8)9)25-35-43(37)51(40)48(11)34-16-13-12-15-28(34)21-22-47(35,48)10/h14,17-20,23-28,34H,12-13,15-16,21-22H2,1-11H3. The van der Waals surface area contributed by atoms with Gasteiger partial charge in [0.25, 0.3) is 6.71 Å². The van der Waals surface area contributed by atoms with Crippen molar-refractivity contribution in [2.45, 2.75) is 142 Å². The van der Waals surface area contributed by atoms with Crippen LogP contribution in [0.25, 0.3) is 27.5 Å². The van der Waals surface area contributed by atoms with E-state index in [0.29, 0.717) is 5.92 Å². The zero-order chi connectivity index (χ0) is 35.8. The Labute approximate surface area is 307 Å². The SMILES string of the molecule is CC(C)(C)c1cc2c3c(c1)C1(C)CCC4CCCCC4C1(C)N3c1cccc3c1B2c1cc(C(C)(C)C)cc2c4cc(C(C)(C)C)ccc4n-3c12. The molecule has 0 radical (unpaired) electrons. The molecular formula is C48H57BN2. The molecule has 2 nitrogen and oxygen atoms in total. The van der Waals surface area contributed by atoms with Crippen molar-refractivity contribution in [2.24, 2.45) is 11.8 Å². The Hall–Kier alpha value is -3.46. The normalized spacial score (nSPS) is 26.3. The van der Waals surface area contributed by atoms with Crippen LogP contribution in [0.15, 0.2) is 60.7 Å². The maximum Gasteiger partial charge on any atom is 0.252 e. The van der Waals surface area contributed by atoms with Gasteiger partial charge in [-0.05, 0) is 123 Å². The summed E-state index contributed by atoms with van der Waals surface area (Å²) < 4.78 is 2.68. The largest absolute Gasteiger partial charge is 0.335 e. The summed E-state index contributed by atoms with van der Waals surface area (Å²) in [7, 11) is 0. The summed E-state index contributed by atoms with van der Waals surface area (Å²) in [5.74, 6) is 1.53. The van der Waals surface area contributed by atoms with E-state index in [2.05, 4.69) is 146 Å². The Balaban J connectivity index is 1.38. The van der Waals surface area contributed by atoms with E-state index in [1.165, 1.54) is 99.3 Å². The molecule has 0 bridgehead atoms. The van der Waals surface area contributed by atoms with Crippen molar-refractivity contribution in [3.63, 3.8) is 0 Å². The van der Waals surface area contributed by atoms with Crippen LogP contribution in [-0.2, 0) is 21.7 Å². The van der Waals surface area contributed by atoms with Crippen molar-refractivity contribution in [3.05, 3.63) is 82.9 Å². The van der Waals surface area contributed by atoms with Gasteiger partial charge in [-0.15, -0.1) is 0 Å². The minimum Gasteiger partial charge on any atom is -0.335 e. The highest BCUT2D eigenvalue weighted by atomic mass is 15.3. The summed E-state index contributed by atoms with van der Waals surface area (Å²) in [6, 6.07) is 25.2. The molecule has 3 heteroatoms. The molecular weight excluding hydrogens is 615 g/mol. The zero-order valence-corrected chi connectivity index (χ0v) is 33.1. The fraction of sp³-hybridized carbons (Fsp3) is 0.500. The van der Waals surface area contributed by atoms with Gasteiger partial charge in [-0.3, -0.25) is 0 Å². The predicted molar refractivity (Wildman–Crippen MR) is 221 cm³/mol. The second-order valence-electron chi connectivity index (χ2n) is 20.9. The van der Waals surface area contributed by atoms with Gasteiger partial charge in [-0.2, -0.15) is 0 Å². The number of rotatable bonds is 0. The van der Waals surface area contributed by atoms with Crippen molar-refractivity contribution >= 4 is 56.3 Å². The lowest BCUT2D eigenvalue weighted by atomic mass is 9.33. The van der Waals surface area contributed by atoms with E-state index in [1.54, 1.807) is 16.7 Å². The van der Waals surface area contributed by atoms with E-state index in [9.17, 15) is 0 Å². The van der Waals surface area contributed by atoms with Crippen LogP contribution < -0.4 is 21.3 Å². The fourth-order valence-corrected chi connectivity index (χ4v) is 12.1. The molecule has 0 saturated heterocycles. The number of anilines is 2. The maximum absolute atomic E-state index is 2.97. The molecule has 10 rings (SSSR count). The smallest absolute Gasteiger partial charge is 0.252 e. The molecule has 0 spiro atoms. The topological polar surface area (TPSA) is 8.17 Å².